The predicted molar refractivity (Wildman–Crippen MR) is 232 cm³/mol. The summed E-state index contributed by atoms with van der Waals surface area (Å²) < 4.78 is 0. The Morgan fingerprint density at radius 3 is 1.93 bits per heavy atom. The van der Waals surface area contributed by atoms with Crippen LogP contribution in [-0.4, -0.2) is 117 Å². The summed E-state index contributed by atoms with van der Waals surface area (Å²) in [5, 5.41) is 43.7. The van der Waals surface area contributed by atoms with E-state index in [2.05, 4.69) is 31.6 Å². The summed E-state index contributed by atoms with van der Waals surface area (Å²) in [6.45, 7) is 14.6. The zero-order valence-electron chi connectivity index (χ0n) is 36.8. The molecule has 0 aliphatic rings. The highest BCUT2D eigenvalue weighted by Gasteiger charge is 2.37. The number of phenols is 1. The molecular weight excluding hydrogens is 812 g/mol. The van der Waals surface area contributed by atoms with E-state index in [1.165, 1.54) is 24.1 Å². The number of benzene rings is 1. The van der Waals surface area contributed by atoms with Crippen molar-refractivity contribution in [3.63, 3.8) is 0 Å². The van der Waals surface area contributed by atoms with E-state index in [4.69, 9.17) is 17.3 Å². The van der Waals surface area contributed by atoms with E-state index in [1.807, 2.05) is 27.7 Å². The quantitative estimate of drug-likeness (QED) is 0.0645. The number of phenolic OH excluding ortho intramolecular Hbond substituents is 1. The third kappa shape index (κ3) is 15.7. The van der Waals surface area contributed by atoms with E-state index in [0.717, 1.165) is 0 Å². The number of hydrogen-bond donors (Lipinski definition) is 10. The Balaban J connectivity index is 2.34. The lowest BCUT2D eigenvalue weighted by atomic mass is 9.97. The molecule has 1 heterocycles. The molecule has 0 saturated carbocycles. The van der Waals surface area contributed by atoms with Crippen LogP contribution in [0.3, 0.4) is 0 Å². The molecule has 2 aromatic rings. The summed E-state index contributed by atoms with van der Waals surface area (Å²) in [5.74, 6) is -6.59. The SMILES string of the molecule is CCC(C)[C@@H](NC(=O)N[C@@H](CCCCN)C(=O)N[C@H](C(=O)N[C@@H](CC(C)C)C(=O)N(C)[C@@H](CC(C)C)C(=O)N[C@@H](Cc1c[nH]c2cc(Cl)c(O)cc12)C(=O)O)C(C)C)C(=O)O. The number of aromatic nitrogens is 1. The second-order valence-corrected chi connectivity index (χ2v) is 17.3. The number of nitrogens with zero attached hydrogens (tertiary/aromatic N) is 1. The molecule has 342 valence electrons. The summed E-state index contributed by atoms with van der Waals surface area (Å²) in [7, 11) is 1.41. The molecular formula is C42H67ClN8O10. The number of rotatable bonds is 25. The molecule has 19 heteroatoms. The molecule has 0 spiro atoms. The predicted octanol–water partition coefficient (Wildman–Crippen LogP) is 3.48. The summed E-state index contributed by atoms with van der Waals surface area (Å²) in [4.78, 5) is 97.5. The van der Waals surface area contributed by atoms with Crippen LogP contribution in [0, 0.1) is 23.7 Å². The second kappa shape index (κ2) is 24.4. The molecule has 2 rings (SSSR count). The van der Waals surface area contributed by atoms with Crippen molar-refractivity contribution in [1.29, 1.82) is 0 Å². The van der Waals surface area contributed by atoms with Crippen molar-refractivity contribution < 1.29 is 48.9 Å². The van der Waals surface area contributed by atoms with Gasteiger partial charge in [-0.05, 0) is 80.0 Å². The Labute approximate surface area is 362 Å². The molecule has 6 amide bonds. The molecule has 61 heavy (non-hydrogen) atoms. The molecule has 11 N–H and O–H groups in total. The summed E-state index contributed by atoms with van der Waals surface area (Å²) >= 11 is 6.03. The van der Waals surface area contributed by atoms with Gasteiger partial charge in [-0.3, -0.25) is 19.2 Å². The lowest BCUT2D eigenvalue weighted by Crippen LogP contribution is -2.61. The number of nitrogens with one attached hydrogen (secondary N) is 6. The molecule has 18 nitrogen and oxygen atoms in total. The summed E-state index contributed by atoms with van der Waals surface area (Å²) in [5.41, 5.74) is 6.72. The average molecular weight is 879 g/mol. The number of carboxylic acids is 2. The fourth-order valence-electron chi connectivity index (χ4n) is 6.86. The van der Waals surface area contributed by atoms with Crippen LogP contribution in [0.15, 0.2) is 18.3 Å². The van der Waals surface area contributed by atoms with E-state index in [9.17, 15) is 48.9 Å². The van der Waals surface area contributed by atoms with Crippen LogP contribution < -0.4 is 32.3 Å². The highest BCUT2D eigenvalue weighted by Crippen LogP contribution is 2.31. The number of carboxylic acid groups (broad SMARTS) is 2. The van der Waals surface area contributed by atoms with Gasteiger partial charge in [-0.1, -0.05) is 73.4 Å². The molecule has 0 aliphatic carbocycles. The van der Waals surface area contributed by atoms with Gasteiger partial charge < -0.3 is 57.5 Å². The van der Waals surface area contributed by atoms with Crippen molar-refractivity contribution in [3.8, 4) is 5.75 Å². The van der Waals surface area contributed by atoms with Crippen LogP contribution >= 0.6 is 11.6 Å². The molecule has 0 saturated heterocycles. The van der Waals surface area contributed by atoms with E-state index in [1.54, 1.807) is 33.9 Å². The minimum Gasteiger partial charge on any atom is -0.506 e. The number of amides is 6. The first-order valence-electron chi connectivity index (χ1n) is 20.9. The maximum Gasteiger partial charge on any atom is 0.326 e. The third-order valence-electron chi connectivity index (χ3n) is 10.6. The van der Waals surface area contributed by atoms with E-state index in [0.29, 0.717) is 42.3 Å². The first kappa shape index (κ1) is 52.0. The lowest BCUT2D eigenvalue weighted by Gasteiger charge is -2.34. The van der Waals surface area contributed by atoms with E-state index < -0.39 is 89.7 Å². The Morgan fingerprint density at radius 2 is 1.39 bits per heavy atom. The normalized spacial score (nSPS) is 15.0. The average Bonchev–Trinajstić information content (AvgIpc) is 3.55. The molecule has 0 radical (unpaired) electrons. The van der Waals surface area contributed by atoms with Crippen molar-refractivity contribution in [3.05, 3.63) is 28.9 Å². The number of H-pyrrole nitrogens is 1. The van der Waals surface area contributed by atoms with E-state index in [-0.39, 0.29) is 48.3 Å². The number of likely N-dealkylation sites (N-methyl/N-ethyl adjacent to an activating group) is 1. The van der Waals surface area contributed by atoms with Gasteiger partial charge in [0.2, 0.25) is 23.6 Å². The minimum absolute atomic E-state index is 0.108. The Bertz CT molecular complexity index is 1840. The topological polar surface area (TPSA) is 285 Å². The summed E-state index contributed by atoms with van der Waals surface area (Å²) in [6, 6.07) is -5.20. The van der Waals surface area contributed by atoms with E-state index >= 15 is 0 Å². The van der Waals surface area contributed by atoms with Crippen molar-refractivity contribution in [1.82, 2.24) is 36.5 Å². The Hall–Kier alpha value is -5.10. The number of carbonyl (C=O) groups is 7. The van der Waals surface area contributed by atoms with Crippen LogP contribution in [0.1, 0.15) is 99.5 Å². The molecule has 1 aromatic carbocycles. The molecule has 0 fully saturated rings. The van der Waals surface area contributed by atoms with Gasteiger partial charge in [0.15, 0.2) is 0 Å². The summed E-state index contributed by atoms with van der Waals surface area (Å²) in [6.07, 6.45) is 3.33. The monoisotopic (exact) mass is 878 g/mol. The van der Waals surface area contributed by atoms with Crippen molar-refractivity contribution in [2.75, 3.05) is 13.6 Å². The zero-order valence-corrected chi connectivity index (χ0v) is 37.5. The third-order valence-corrected chi connectivity index (χ3v) is 10.9. The number of fused-ring (bicyclic) bond motifs is 1. The highest BCUT2D eigenvalue weighted by molar-refractivity contribution is 6.32. The standard InChI is InChI=1S/C42H67ClN8O10/c1-10-24(8)35(41(59)60)50-42(61)48-28(13-11-12-14-44)36(53)49-34(23(6)7)38(55)46-30(15-21(2)3)39(56)51(9)32(16-22(4)5)37(54)47-31(40(57)58)17-25-20-45-29-19-27(43)33(52)18-26(25)29/h18-24,28,30-32,34-35,45,52H,10-17,44H2,1-9H3,(H,46,55)(H,47,54)(H,49,53)(H,57,58)(H,59,60)(H2,48,50,61)/t24?,28-,30-,31-,32-,34-,35+/m0/s1. The Kier molecular flexibility index (Phi) is 20.8. The van der Waals surface area contributed by atoms with Gasteiger partial charge in [0, 0.05) is 30.6 Å². The number of unbranched alkanes of at least 4 members (excludes halogenated alkanes) is 1. The number of aromatic hydroxyl groups is 1. The molecule has 7 atom stereocenters. The van der Waals surface area contributed by atoms with Gasteiger partial charge in [-0.25, -0.2) is 14.4 Å². The first-order valence-corrected chi connectivity index (χ1v) is 21.3. The number of aromatic amines is 1. The fraction of sp³-hybridized carbons (Fsp3) is 0.643. The lowest BCUT2D eigenvalue weighted by molar-refractivity contribution is -0.146. The van der Waals surface area contributed by atoms with Crippen LogP contribution in [0.25, 0.3) is 10.9 Å². The number of nitrogens with two attached hydrogens (primary N) is 1. The van der Waals surface area contributed by atoms with Gasteiger partial charge in [0.1, 0.15) is 42.0 Å². The van der Waals surface area contributed by atoms with Gasteiger partial charge >= 0.3 is 18.0 Å². The number of aliphatic carboxylic acids is 2. The molecule has 1 aromatic heterocycles. The largest absolute Gasteiger partial charge is 0.506 e. The molecule has 0 bridgehead atoms. The number of urea groups is 1. The van der Waals surface area contributed by atoms with Gasteiger partial charge in [-0.15, -0.1) is 0 Å². The van der Waals surface area contributed by atoms with Crippen LogP contribution in [0.4, 0.5) is 4.79 Å². The van der Waals surface area contributed by atoms with Gasteiger partial charge in [0.05, 0.1) is 5.02 Å². The zero-order chi connectivity index (χ0) is 46.3. The molecule has 1 unspecified atom stereocenters. The second-order valence-electron chi connectivity index (χ2n) is 16.9. The Morgan fingerprint density at radius 1 is 0.770 bits per heavy atom. The van der Waals surface area contributed by atoms with Gasteiger partial charge in [0.25, 0.3) is 0 Å². The minimum atomic E-state index is -1.41. The van der Waals surface area contributed by atoms with Crippen LogP contribution in [0.2, 0.25) is 5.02 Å². The fourth-order valence-corrected chi connectivity index (χ4v) is 7.03. The van der Waals surface area contributed by atoms with Crippen molar-refractivity contribution in [2.24, 2.45) is 29.4 Å². The number of carbonyl (C=O) groups excluding carboxylic acids is 5. The van der Waals surface area contributed by atoms with Crippen LogP contribution in [0.5, 0.6) is 5.75 Å². The smallest absolute Gasteiger partial charge is 0.326 e. The van der Waals surface area contributed by atoms with Crippen molar-refractivity contribution >= 4 is 64.1 Å². The number of hydrogen-bond acceptors (Lipinski definition) is 9. The van der Waals surface area contributed by atoms with Crippen molar-refractivity contribution in [2.45, 2.75) is 137 Å². The first-order chi connectivity index (χ1) is 28.5. The highest BCUT2D eigenvalue weighted by atomic mass is 35.5. The maximum absolute atomic E-state index is 14.3. The maximum atomic E-state index is 14.3. The van der Waals surface area contributed by atoms with Gasteiger partial charge in [-0.2, -0.15) is 0 Å². The molecule has 0 aliphatic heterocycles. The number of halogens is 1. The van der Waals surface area contributed by atoms with Crippen LogP contribution in [-0.2, 0) is 35.2 Å².